The summed E-state index contributed by atoms with van der Waals surface area (Å²) in [7, 11) is -3.88. The van der Waals surface area contributed by atoms with Crippen molar-refractivity contribution < 1.29 is 35.9 Å². The molecule has 1 aromatic carbocycles. The van der Waals surface area contributed by atoms with Crippen molar-refractivity contribution in [3.05, 3.63) is 65.8 Å². The zero-order valence-electron chi connectivity index (χ0n) is 17.9. The number of carbonyl (C=O) groups is 2. The van der Waals surface area contributed by atoms with Gasteiger partial charge in [-0.3, -0.25) is 14.5 Å². The third kappa shape index (κ3) is 5.22. The summed E-state index contributed by atoms with van der Waals surface area (Å²) >= 11 is 1.03. The van der Waals surface area contributed by atoms with Crippen LogP contribution in [0.1, 0.15) is 12.5 Å². The molecule has 184 valence electrons. The first-order valence-corrected chi connectivity index (χ1v) is 12.3. The molecule has 1 unspecified atom stereocenters. The Labute approximate surface area is 201 Å². The van der Waals surface area contributed by atoms with Gasteiger partial charge in [-0.25, -0.2) is 18.1 Å². The molecule has 1 fully saturated rings. The van der Waals surface area contributed by atoms with E-state index in [1.54, 1.807) is 11.4 Å². The van der Waals surface area contributed by atoms with Gasteiger partial charge in [0.1, 0.15) is 16.0 Å². The van der Waals surface area contributed by atoms with Gasteiger partial charge in [-0.05, 0) is 54.3 Å². The Morgan fingerprint density at radius 2 is 1.86 bits per heavy atom. The van der Waals surface area contributed by atoms with Gasteiger partial charge >= 0.3 is 12.4 Å². The summed E-state index contributed by atoms with van der Waals surface area (Å²) in [6, 6.07) is 7.25. The van der Waals surface area contributed by atoms with Gasteiger partial charge in [0.25, 0.3) is 15.9 Å². The van der Waals surface area contributed by atoms with Crippen molar-refractivity contribution in [1.29, 1.82) is 0 Å². The topological polar surface area (TPSA) is 109 Å². The number of thiophene rings is 1. The molecular weight excluding hydrogens is 509 g/mol. The van der Waals surface area contributed by atoms with E-state index in [0.717, 1.165) is 28.4 Å². The number of carbonyl (C=O) groups excluding carboxylic acids is 2. The third-order valence-corrected chi connectivity index (χ3v) is 7.83. The lowest BCUT2D eigenvalue weighted by Crippen LogP contribution is -2.33. The number of hydrogen-bond acceptors (Lipinski definition) is 7. The molecule has 14 heteroatoms. The number of hydrogen-bond donors (Lipinski definition) is 1. The Morgan fingerprint density at radius 3 is 2.49 bits per heavy atom. The minimum Gasteiger partial charge on any atom is -0.406 e. The second-order valence-electron chi connectivity index (χ2n) is 7.37. The molecule has 1 atom stereocenters. The standard InChI is InChI=1S/C21H17F3N4O5S2/c1-13-19(29)28(15-4-6-16(7-5-15)33-21(22,23)24)20(30)27(13)12-14-8-9-25-11-17(14)26-35(31,32)18-3-2-10-34-18/h2-11,13,26H,12H2,1H3. The second-order valence-corrected chi connectivity index (χ2v) is 10.2. The minimum atomic E-state index is -4.88. The molecule has 0 radical (unpaired) electrons. The van der Waals surface area contributed by atoms with E-state index in [1.165, 1.54) is 48.5 Å². The van der Waals surface area contributed by atoms with Crippen LogP contribution >= 0.6 is 11.3 Å². The fourth-order valence-electron chi connectivity index (χ4n) is 3.40. The van der Waals surface area contributed by atoms with Crippen molar-refractivity contribution in [1.82, 2.24) is 9.88 Å². The zero-order valence-corrected chi connectivity index (χ0v) is 19.5. The normalized spacial score (nSPS) is 16.6. The highest BCUT2D eigenvalue weighted by atomic mass is 32.2. The highest BCUT2D eigenvalue weighted by molar-refractivity contribution is 7.94. The Kier molecular flexibility index (Phi) is 6.42. The first-order valence-electron chi connectivity index (χ1n) is 9.96. The van der Waals surface area contributed by atoms with Crippen LogP contribution in [0.3, 0.4) is 0 Å². The molecule has 1 aliphatic rings. The van der Waals surface area contributed by atoms with Crippen molar-refractivity contribution in [2.75, 3.05) is 9.62 Å². The maximum absolute atomic E-state index is 13.1. The number of nitrogens with one attached hydrogen (secondary N) is 1. The number of sulfonamides is 1. The summed E-state index contributed by atoms with van der Waals surface area (Å²) in [5.74, 6) is -1.08. The van der Waals surface area contributed by atoms with Gasteiger partial charge < -0.3 is 9.64 Å². The summed E-state index contributed by atoms with van der Waals surface area (Å²) in [6.45, 7) is 1.38. The van der Waals surface area contributed by atoms with E-state index in [4.69, 9.17) is 0 Å². The lowest BCUT2D eigenvalue weighted by atomic mass is 10.2. The average Bonchev–Trinajstić information content (AvgIpc) is 3.40. The molecule has 4 rings (SSSR count). The van der Waals surface area contributed by atoms with E-state index in [2.05, 4.69) is 14.4 Å². The molecule has 3 aromatic rings. The Balaban J connectivity index is 1.55. The van der Waals surface area contributed by atoms with E-state index < -0.39 is 40.1 Å². The van der Waals surface area contributed by atoms with Crippen molar-refractivity contribution in [3.8, 4) is 5.75 Å². The number of aromatic nitrogens is 1. The van der Waals surface area contributed by atoms with Crippen LogP contribution in [0, 0.1) is 0 Å². The molecule has 9 nitrogen and oxygen atoms in total. The summed E-state index contributed by atoms with van der Waals surface area (Å²) in [6.07, 6.45) is -2.16. The molecule has 3 amide bonds. The highest BCUT2D eigenvalue weighted by Crippen LogP contribution is 2.31. The molecule has 0 aliphatic carbocycles. The van der Waals surface area contributed by atoms with Gasteiger partial charge in [0.15, 0.2) is 0 Å². The molecule has 1 aliphatic heterocycles. The van der Waals surface area contributed by atoms with Gasteiger partial charge in [0.05, 0.1) is 24.1 Å². The monoisotopic (exact) mass is 526 g/mol. The molecule has 0 bridgehead atoms. The lowest BCUT2D eigenvalue weighted by molar-refractivity contribution is -0.274. The van der Waals surface area contributed by atoms with E-state index >= 15 is 0 Å². The lowest BCUT2D eigenvalue weighted by Gasteiger charge is -2.21. The number of halogens is 3. The van der Waals surface area contributed by atoms with Crippen molar-refractivity contribution in [3.63, 3.8) is 0 Å². The third-order valence-electron chi connectivity index (χ3n) is 5.07. The van der Waals surface area contributed by atoms with Crippen LogP contribution in [0.15, 0.2) is 64.4 Å². The van der Waals surface area contributed by atoms with Crippen LogP contribution in [0.25, 0.3) is 0 Å². The molecule has 0 saturated carbocycles. The molecule has 2 aromatic heterocycles. The number of nitrogens with zero attached hydrogens (tertiary/aromatic N) is 3. The van der Waals surface area contributed by atoms with Gasteiger partial charge in [0.2, 0.25) is 0 Å². The molecule has 3 heterocycles. The van der Waals surface area contributed by atoms with Crippen LogP contribution in [-0.2, 0) is 21.4 Å². The number of amides is 3. The van der Waals surface area contributed by atoms with Gasteiger partial charge in [-0.1, -0.05) is 6.07 Å². The van der Waals surface area contributed by atoms with Crippen LogP contribution in [0.2, 0.25) is 0 Å². The van der Waals surface area contributed by atoms with Crippen molar-refractivity contribution >= 4 is 44.7 Å². The van der Waals surface area contributed by atoms with E-state index in [-0.39, 0.29) is 22.1 Å². The summed E-state index contributed by atoms with van der Waals surface area (Å²) < 4.78 is 68.8. The first-order chi connectivity index (χ1) is 16.5. The number of ether oxygens (including phenoxy) is 1. The summed E-state index contributed by atoms with van der Waals surface area (Å²) in [5.41, 5.74) is 0.599. The maximum atomic E-state index is 13.1. The van der Waals surface area contributed by atoms with Crippen LogP contribution < -0.4 is 14.4 Å². The van der Waals surface area contributed by atoms with Gasteiger partial charge in [0, 0.05) is 6.20 Å². The fourth-order valence-corrected chi connectivity index (χ4v) is 5.47. The Bertz CT molecular complexity index is 1350. The number of pyridine rings is 1. The largest absolute Gasteiger partial charge is 0.573 e. The van der Waals surface area contributed by atoms with Gasteiger partial charge in [-0.15, -0.1) is 24.5 Å². The van der Waals surface area contributed by atoms with Crippen LogP contribution in [-0.4, -0.2) is 42.6 Å². The van der Waals surface area contributed by atoms with Crippen LogP contribution in [0.4, 0.5) is 29.3 Å². The average molecular weight is 527 g/mol. The summed E-state index contributed by atoms with van der Waals surface area (Å²) in [4.78, 5) is 31.9. The predicted octanol–water partition coefficient (Wildman–Crippen LogP) is 4.20. The SMILES string of the molecule is CC1C(=O)N(c2ccc(OC(F)(F)F)cc2)C(=O)N1Cc1ccncc1NS(=O)(=O)c1cccs1. The number of rotatable bonds is 7. The fraction of sp³-hybridized carbons (Fsp3) is 0.190. The van der Waals surface area contributed by atoms with E-state index in [1.807, 2.05) is 0 Å². The number of urea groups is 1. The minimum absolute atomic E-state index is 0.0669. The quantitative estimate of drug-likeness (QED) is 0.463. The van der Waals surface area contributed by atoms with E-state index in [9.17, 15) is 31.2 Å². The molecule has 1 N–H and O–H groups in total. The van der Waals surface area contributed by atoms with Crippen molar-refractivity contribution in [2.24, 2.45) is 0 Å². The van der Waals surface area contributed by atoms with Crippen molar-refractivity contribution in [2.45, 2.75) is 30.1 Å². The van der Waals surface area contributed by atoms with E-state index in [0.29, 0.717) is 5.56 Å². The summed E-state index contributed by atoms with van der Waals surface area (Å²) in [5, 5.41) is 1.62. The number of imide groups is 1. The molecular formula is C21H17F3N4O5S2. The van der Waals surface area contributed by atoms with Gasteiger partial charge in [-0.2, -0.15) is 0 Å². The zero-order chi connectivity index (χ0) is 25.4. The number of benzene rings is 1. The highest BCUT2D eigenvalue weighted by Gasteiger charge is 2.43. The maximum Gasteiger partial charge on any atom is 0.573 e. The first kappa shape index (κ1) is 24.5. The number of anilines is 2. The predicted molar refractivity (Wildman–Crippen MR) is 120 cm³/mol. The molecule has 1 saturated heterocycles. The smallest absolute Gasteiger partial charge is 0.406 e. The Morgan fingerprint density at radius 1 is 1.14 bits per heavy atom. The number of alkyl halides is 3. The second kappa shape index (κ2) is 9.19. The van der Waals surface area contributed by atoms with Crippen LogP contribution in [0.5, 0.6) is 5.75 Å². The Hall–Kier alpha value is -3.65. The molecule has 0 spiro atoms. The molecule has 35 heavy (non-hydrogen) atoms.